The van der Waals surface area contributed by atoms with Gasteiger partial charge in [-0.15, -0.1) is 0 Å². The highest BCUT2D eigenvalue weighted by Crippen LogP contribution is 2.67. The lowest BCUT2D eigenvalue weighted by Gasteiger charge is -2.41. The van der Waals surface area contributed by atoms with Crippen molar-refractivity contribution in [1.82, 2.24) is 0 Å². The first-order valence-electron chi connectivity index (χ1n) is 14.1. The molecular weight excluding hydrogens is 526 g/mol. The number of hydrogen-bond acceptors (Lipinski definition) is 5. The smallest absolute Gasteiger partial charge is 0.419 e. The second kappa shape index (κ2) is 13.0. The molecule has 9 heteroatoms. The summed E-state index contributed by atoms with van der Waals surface area (Å²) in [7, 11) is -3.15. The van der Waals surface area contributed by atoms with Gasteiger partial charge in [0.15, 0.2) is 5.90 Å². The van der Waals surface area contributed by atoms with Crippen molar-refractivity contribution in [2.75, 3.05) is 13.2 Å². The maximum Gasteiger partial charge on any atom is 0.419 e. The Hall–Kier alpha value is -1.53. The van der Waals surface area contributed by atoms with E-state index in [1.54, 1.807) is 13.0 Å². The third-order valence-corrected chi connectivity index (χ3v) is 11.3. The molecule has 0 amide bonds. The van der Waals surface area contributed by atoms with Crippen LogP contribution in [0.2, 0.25) is 0 Å². The van der Waals surface area contributed by atoms with Crippen LogP contribution in [0.1, 0.15) is 112 Å². The van der Waals surface area contributed by atoms with Gasteiger partial charge >= 0.3 is 6.18 Å². The summed E-state index contributed by atoms with van der Waals surface area (Å²) in [5, 5.41) is -1.18. The Balaban J connectivity index is 2.22. The number of ether oxygens (including phenoxy) is 2. The largest absolute Gasteiger partial charge is 0.490 e. The molecule has 0 saturated carbocycles. The molecule has 0 fully saturated rings. The van der Waals surface area contributed by atoms with Crippen molar-refractivity contribution in [3.63, 3.8) is 0 Å². The molecule has 0 spiro atoms. The monoisotopic (exact) mass is 575 g/mol. The Labute approximate surface area is 233 Å². The first-order chi connectivity index (χ1) is 17.8. The molecule has 0 saturated heterocycles. The van der Waals surface area contributed by atoms with Crippen molar-refractivity contribution >= 4 is 13.3 Å². The quantitative estimate of drug-likeness (QED) is 0.174. The molecule has 1 unspecified atom stereocenters. The maximum atomic E-state index is 14.0. The zero-order valence-electron chi connectivity index (χ0n) is 25.3. The van der Waals surface area contributed by atoms with Crippen molar-refractivity contribution in [3.05, 3.63) is 29.3 Å². The van der Waals surface area contributed by atoms with E-state index in [9.17, 15) is 17.7 Å². The molecule has 0 bridgehead atoms. The van der Waals surface area contributed by atoms with Gasteiger partial charge in [-0.25, -0.2) is 4.99 Å². The van der Waals surface area contributed by atoms with Crippen LogP contribution in [-0.4, -0.2) is 41.1 Å². The molecule has 0 radical (unpaired) electrons. The molecule has 1 aliphatic heterocycles. The van der Waals surface area contributed by atoms with Crippen LogP contribution in [-0.2, 0) is 26.4 Å². The average Bonchev–Trinajstić information content (AvgIpc) is 3.18. The summed E-state index contributed by atoms with van der Waals surface area (Å²) in [6.45, 7) is 17.4. The number of alkyl halides is 3. The van der Waals surface area contributed by atoms with E-state index in [0.29, 0.717) is 30.7 Å². The summed E-state index contributed by atoms with van der Waals surface area (Å²) in [5.74, 6) is 0.356. The lowest BCUT2D eigenvalue weighted by molar-refractivity contribution is -0.139. The van der Waals surface area contributed by atoms with Crippen molar-refractivity contribution in [3.8, 4) is 5.75 Å². The van der Waals surface area contributed by atoms with Crippen LogP contribution in [0.3, 0.4) is 0 Å². The Morgan fingerprint density at radius 3 is 2.23 bits per heavy atom. The number of rotatable bonds is 13. The molecule has 2 rings (SSSR count). The molecule has 0 aromatic heterocycles. The van der Waals surface area contributed by atoms with Crippen molar-refractivity contribution in [1.29, 1.82) is 0 Å². The average molecular weight is 576 g/mol. The van der Waals surface area contributed by atoms with Crippen LogP contribution in [0.15, 0.2) is 23.2 Å². The molecule has 1 aromatic carbocycles. The van der Waals surface area contributed by atoms with Gasteiger partial charge in [-0.05, 0) is 50.3 Å². The van der Waals surface area contributed by atoms with Gasteiger partial charge in [0.2, 0.25) is 7.37 Å². The first kappa shape index (κ1) is 33.7. The van der Waals surface area contributed by atoms with Gasteiger partial charge in [-0.1, -0.05) is 73.8 Å². The molecule has 5 nitrogen and oxygen atoms in total. The molecule has 0 N–H and O–H groups in total. The van der Waals surface area contributed by atoms with Crippen LogP contribution >= 0.6 is 7.37 Å². The summed E-state index contributed by atoms with van der Waals surface area (Å²) >= 11 is 0. The fraction of sp³-hybridized carbons (Fsp3) is 0.767. The number of aryl methyl sites for hydroxylation is 1. The highest BCUT2D eigenvalue weighted by atomic mass is 31.2. The summed E-state index contributed by atoms with van der Waals surface area (Å²) in [6, 6.07) is 4.29. The number of halogens is 3. The van der Waals surface area contributed by atoms with Crippen LogP contribution in [0.25, 0.3) is 0 Å². The minimum atomic E-state index is -4.54. The molecule has 224 valence electrons. The van der Waals surface area contributed by atoms with Crippen molar-refractivity contribution in [2.24, 2.45) is 4.99 Å². The summed E-state index contributed by atoms with van der Waals surface area (Å²) in [5.41, 5.74) is -1.06. The number of nitrogens with zero attached hydrogens (tertiary/aromatic N) is 1. The van der Waals surface area contributed by atoms with E-state index < -0.39 is 35.0 Å². The molecule has 2 atom stereocenters. The second-order valence-corrected chi connectivity index (χ2v) is 17.0. The predicted octanol–water partition coefficient (Wildman–Crippen LogP) is 9.45. The minimum absolute atomic E-state index is 0.0685. The highest BCUT2D eigenvalue weighted by Gasteiger charge is 2.50. The van der Waals surface area contributed by atoms with Crippen molar-refractivity contribution < 1.29 is 31.7 Å². The third kappa shape index (κ3) is 8.98. The minimum Gasteiger partial charge on any atom is -0.490 e. The van der Waals surface area contributed by atoms with Gasteiger partial charge in [-0.3, -0.25) is 4.57 Å². The predicted molar refractivity (Wildman–Crippen MR) is 153 cm³/mol. The van der Waals surface area contributed by atoms with E-state index >= 15 is 0 Å². The molecule has 39 heavy (non-hydrogen) atoms. The molecule has 1 aromatic rings. The van der Waals surface area contributed by atoms with E-state index in [2.05, 4.69) is 11.9 Å². The topological polar surface area (TPSA) is 57.1 Å². The van der Waals surface area contributed by atoms with Gasteiger partial charge in [0.1, 0.15) is 17.9 Å². The lowest BCUT2D eigenvalue weighted by atomic mass is 9.93. The summed E-state index contributed by atoms with van der Waals surface area (Å²) < 4.78 is 73.7. The number of hydrogen-bond donors (Lipinski definition) is 0. The van der Waals surface area contributed by atoms with E-state index in [-0.39, 0.29) is 25.1 Å². The molecule has 1 heterocycles. The Morgan fingerprint density at radius 1 is 1.08 bits per heavy atom. The first-order valence-corrected chi connectivity index (χ1v) is 15.8. The standard InChI is InChI=1S/C30H49F3NO4P/c1-10-11-12-13-14-22(2)38-26-16-15-24(19-25(26)30(31,32)33)17-18-29(20-36-23(3)34-29)21-37-39(35,27(4,5)6)28(7,8)9/h15-16,19,22H,10-14,17-18,20-21H2,1-9H3/t22-,29?/m1/s1. The Bertz CT molecular complexity index is 1010. The van der Waals surface area contributed by atoms with Crippen molar-refractivity contribution in [2.45, 2.75) is 135 Å². The van der Waals surface area contributed by atoms with Crippen LogP contribution in [0.5, 0.6) is 5.75 Å². The van der Waals surface area contributed by atoms with E-state index in [1.165, 1.54) is 12.1 Å². The van der Waals surface area contributed by atoms with E-state index in [1.807, 2.05) is 48.5 Å². The Morgan fingerprint density at radius 2 is 1.72 bits per heavy atom. The van der Waals surface area contributed by atoms with Gasteiger partial charge in [-0.2, -0.15) is 13.2 Å². The molecular formula is C30H49F3NO4P. The number of aliphatic imine (C=N–C) groups is 1. The van der Waals surface area contributed by atoms with E-state index in [4.69, 9.17) is 14.0 Å². The number of benzene rings is 1. The molecule has 1 aliphatic rings. The van der Waals surface area contributed by atoms with Crippen LogP contribution in [0, 0.1) is 0 Å². The van der Waals surface area contributed by atoms with E-state index in [0.717, 1.165) is 25.7 Å². The van der Waals surface area contributed by atoms with Crippen LogP contribution < -0.4 is 4.74 Å². The van der Waals surface area contributed by atoms with Gasteiger partial charge in [0.05, 0.1) is 18.3 Å². The van der Waals surface area contributed by atoms with Gasteiger partial charge in [0, 0.05) is 17.2 Å². The SMILES string of the molecule is CCCCCC[C@@H](C)Oc1ccc(CCC2(COP(=O)(C(C)(C)C)C(C)(C)C)COC(C)=N2)cc1C(F)(F)F. The number of unbranched alkanes of at least 4 members (excludes halogenated alkanes) is 3. The normalized spacial score (nSPS) is 19.5. The second-order valence-electron chi connectivity index (χ2n) is 12.9. The third-order valence-electron chi connectivity index (χ3n) is 7.25. The zero-order chi connectivity index (χ0) is 29.7. The van der Waals surface area contributed by atoms with Crippen LogP contribution in [0.4, 0.5) is 13.2 Å². The Kier molecular flexibility index (Phi) is 11.2. The summed E-state index contributed by atoms with van der Waals surface area (Å²) in [6.07, 6.45) is 0.788. The maximum absolute atomic E-state index is 14.0. The fourth-order valence-electron chi connectivity index (χ4n) is 5.08. The summed E-state index contributed by atoms with van der Waals surface area (Å²) in [4.78, 5) is 4.67. The highest BCUT2D eigenvalue weighted by molar-refractivity contribution is 7.62. The molecule has 0 aliphatic carbocycles. The zero-order valence-corrected chi connectivity index (χ0v) is 26.2. The van der Waals surface area contributed by atoms with Gasteiger partial charge in [0.25, 0.3) is 0 Å². The lowest BCUT2D eigenvalue weighted by Crippen LogP contribution is -2.38. The fourth-order valence-corrected chi connectivity index (χ4v) is 8.29. The van der Waals surface area contributed by atoms with Gasteiger partial charge < -0.3 is 14.0 Å².